The van der Waals surface area contributed by atoms with Gasteiger partial charge in [0.05, 0.1) is 20.1 Å². The van der Waals surface area contributed by atoms with Gasteiger partial charge in [0, 0.05) is 19.1 Å². The first-order chi connectivity index (χ1) is 9.08. The second-order valence-corrected chi connectivity index (χ2v) is 5.21. The largest absolute Gasteiger partial charge is 0.469 e. The molecule has 0 aromatic rings. The van der Waals surface area contributed by atoms with E-state index in [1.165, 1.54) is 13.5 Å². The van der Waals surface area contributed by atoms with Crippen molar-refractivity contribution in [3.63, 3.8) is 0 Å². The smallest absolute Gasteiger partial charge is 0.306 e. The van der Waals surface area contributed by atoms with Gasteiger partial charge in [-0.15, -0.1) is 0 Å². The Labute approximate surface area is 115 Å². The predicted molar refractivity (Wildman–Crippen MR) is 73.8 cm³/mol. The molecule has 1 rings (SSSR count). The van der Waals surface area contributed by atoms with E-state index in [4.69, 9.17) is 0 Å². The summed E-state index contributed by atoms with van der Waals surface area (Å²) in [5, 5.41) is 0. The van der Waals surface area contributed by atoms with E-state index in [1.54, 1.807) is 0 Å². The van der Waals surface area contributed by atoms with Gasteiger partial charge in [0.15, 0.2) is 0 Å². The minimum absolute atomic E-state index is 0.180. The number of piperidine rings is 1. The fourth-order valence-electron chi connectivity index (χ4n) is 2.54. The Morgan fingerprint density at radius 3 is 2.74 bits per heavy atom. The van der Waals surface area contributed by atoms with Crippen LogP contribution in [0, 0.1) is 0 Å². The van der Waals surface area contributed by atoms with Gasteiger partial charge < -0.3 is 9.64 Å². The number of hydrogen-bond donors (Lipinski definition) is 0. The zero-order chi connectivity index (χ0) is 14.3. The van der Waals surface area contributed by atoms with Crippen LogP contribution < -0.4 is 0 Å². The van der Waals surface area contributed by atoms with Crippen molar-refractivity contribution in [2.75, 3.05) is 33.8 Å². The minimum atomic E-state index is -0.233. The van der Waals surface area contributed by atoms with Gasteiger partial charge in [-0.25, -0.2) is 0 Å². The molecule has 0 aromatic carbocycles. The lowest BCUT2D eigenvalue weighted by Crippen LogP contribution is -2.47. The molecule has 1 saturated heterocycles. The normalized spacial score (nSPS) is 19.6. The van der Waals surface area contributed by atoms with Gasteiger partial charge in [0.25, 0.3) is 0 Å². The van der Waals surface area contributed by atoms with E-state index in [-0.39, 0.29) is 11.9 Å². The third-order valence-electron chi connectivity index (χ3n) is 3.75. The van der Waals surface area contributed by atoms with E-state index in [2.05, 4.69) is 11.7 Å². The molecule has 0 bridgehead atoms. The molecule has 1 aliphatic heterocycles. The minimum Gasteiger partial charge on any atom is -0.469 e. The number of likely N-dealkylation sites (tertiary alicyclic amines) is 1. The molecule has 110 valence electrons. The molecular weight excluding hydrogens is 244 g/mol. The summed E-state index contributed by atoms with van der Waals surface area (Å²) in [5.41, 5.74) is 0. The van der Waals surface area contributed by atoms with Crippen molar-refractivity contribution < 1.29 is 14.3 Å². The Bertz CT molecular complexity index is 307. The molecule has 1 amide bonds. The van der Waals surface area contributed by atoms with E-state index in [9.17, 15) is 9.59 Å². The van der Waals surface area contributed by atoms with Crippen LogP contribution in [-0.4, -0.2) is 61.5 Å². The monoisotopic (exact) mass is 270 g/mol. The van der Waals surface area contributed by atoms with Crippen LogP contribution in [0.25, 0.3) is 0 Å². The highest BCUT2D eigenvalue weighted by molar-refractivity contribution is 5.78. The van der Waals surface area contributed by atoms with Gasteiger partial charge in [-0.1, -0.05) is 6.92 Å². The first-order valence-corrected chi connectivity index (χ1v) is 7.13. The van der Waals surface area contributed by atoms with Crippen LogP contribution in [0.4, 0.5) is 0 Å². The lowest BCUT2D eigenvalue weighted by Gasteiger charge is -2.36. The summed E-state index contributed by atoms with van der Waals surface area (Å²) in [6.07, 6.45) is 4.80. The number of nitrogens with zero attached hydrogens (tertiary/aromatic N) is 2. The third kappa shape index (κ3) is 5.19. The van der Waals surface area contributed by atoms with Crippen molar-refractivity contribution >= 4 is 11.9 Å². The topological polar surface area (TPSA) is 49.9 Å². The lowest BCUT2D eigenvalue weighted by molar-refractivity contribution is -0.142. The molecule has 5 heteroatoms. The maximum Gasteiger partial charge on any atom is 0.306 e. The molecule has 0 N–H and O–H groups in total. The molecule has 1 unspecified atom stereocenters. The Morgan fingerprint density at radius 2 is 2.11 bits per heavy atom. The second-order valence-electron chi connectivity index (χ2n) is 5.21. The maximum absolute atomic E-state index is 12.3. The van der Waals surface area contributed by atoms with E-state index in [1.807, 2.05) is 16.8 Å². The molecule has 19 heavy (non-hydrogen) atoms. The number of methoxy groups -OCH3 is 1. The molecule has 0 saturated carbocycles. The predicted octanol–water partition coefficient (Wildman–Crippen LogP) is 1.27. The van der Waals surface area contributed by atoms with Crippen molar-refractivity contribution in [2.45, 2.75) is 45.1 Å². The Kier molecular flexibility index (Phi) is 6.84. The standard InChI is InChI=1S/C14H26N2O3/c1-4-12-7-5-6-9-16(12)13(17)11-15(2)10-8-14(18)19-3/h12H,4-11H2,1-3H3. The van der Waals surface area contributed by atoms with Crippen molar-refractivity contribution in [3.05, 3.63) is 0 Å². The molecule has 1 atom stereocenters. The quantitative estimate of drug-likeness (QED) is 0.682. The number of likely N-dealkylation sites (N-methyl/N-ethyl adjacent to an activating group) is 1. The number of hydrogen-bond acceptors (Lipinski definition) is 4. The summed E-state index contributed by atoms with van der Waals surface area (Å²) in [6, 6.07) is 0.398. The average molecular weight is 270 g/mol. The number of esters is 1. The highest BCUT2D eigenvalue weighted by Crippen LogP contribution is 2.19. The first kappa shape index (κ1) is 16.0. The highest BCUT2D eigenvalue weighted by atomic mass is 16.5. The summed E-state index contributed by atoms with van der Waals surface area (Å²) < 4.78 is 4.60. The zero-order valence-corrected chi connectivity index (χ0v) is 12.4. The van der Waals surface area contributed by atoms with Gasteiger partial charge in [-0.2, -0.15) is 0 Å². The van der Waals surface area contributed by atoms with Gasteiger partial charge in [0.2, 0.25) is 5.91 Å². The van der Waals surface area contributed by atoms with Crippen LogP contribution in [0.15, 0.2) is 0 Å². The Balaban J connectivity index is 2.37. The van der Waals surface area contributed by atoms with Gasteiger partial charge in [-0.3, -0.25) is 14.5 Å². The molecule has 1 heterocycles. The number of amides is 1. The van der Waals surface area contributed by atoms with Gasteiger partial charge in [-0.05, 0) is 32.7 Å². The van der Waals surface area contributed by atoms with Crippen LogP contribution in [0.2, 0.25) is 0 Å². The second kappa shape index (κ2) is 8.15. The van der Waals surface area contributed by atoms with Gasteiger partial charge >= 0.3 is 5.97 Å². The van der Waals surface area contributed by atoms with Crippen LogP contribution in [0.5, 0.6) is 0 Å². The molecule has 1 aliphatic rings. The summed E-state index contributed by atoms with van der Waals surface area (Å²) in [6.45, 7) is 3.95. The van der Waals surface area contributed by atoms with E-state index >= 15 is 0 Å². The number of carbonyl (C=O) groups excluding carboxylic acids is 2. The molecule has 5 nitrogen and oxygen atoms in total. The molecule has 1 fully saturated rings. The molecule has 0 radical (unpaired) electrons. The summed E-state index contributed by atoms with van der Waals surface area (Å²) in [5.74, 6) is -0.0531. The lowest BCUT2D eigenvalue weighted by atomic mass is 10.00. The first-order valence-electron chi connectivity index (χ1n) is 7.13. The van der Waals surface area contributed by atoms with Crippen LogP contribution in [-0.2, 0) is 14.3 Å². The van der Waals surface area contributed by atoms with Gasteiger partial charge in [0.1, 0.15) is 0 Å². The fraction of sp³-hybridized carbons (Fsp3) is 0.857. The fourth-order valence-corrected chi connectivity index (χ4v) is 2.54. The third-order valence-corrected chi connectivity index (χ3v) is 3.75. The highest BCUT2D eigenvalue weighted by Gasteiger charge is 2.25. The number of carbonyl (C=O) groups is 2. The summed E-state index contributed by atoms with van der Waals surface area (Å²) in [7, 11) is 3.25. The molecule has 0 aromatic heterocycles. The number of ether oxygens (including phenoxy) is 1. The number of rotatable bonds is 6. The Hall–Kier alpha value is -1.10. The average Bonchev–Trinajstić information content (AvgIpc) is 2.44. The molecule has 0 aliphatic carbocycles. The van der Waals surface area contributed by atoms with Crippen molar-refractivity contribution in [1.29, 1.82) is 0 Å². The summed E-state index contributed by atoms with van der Waals surface area (Å²) in [4.78, 5) is 27.2. The van der Waals surface area contributed by atoms with Crippen molar-refractivity contribution in [2.24, 2.45) is 0 Å². The van der Waals surface area contributed by atoms with E-state index in [0.29, 0.717) is 25.6 Å². The van der Waals surface area contributed by atoms with Crippen LogP contribution in [0.3, 0.4) is 0 Å². The Morgan fingerprint density at radius 1 is 1.37 bits per heavy atom. The van der Waals surface area contributed by atoms with Crippen molar-refractivity contribution in [1.82, 2.24) is 9.80 Å². The van der Waals surface area contributed by atoms with E-state index < -0.39 is 0 Å². The van der Waals surface area contributed by atoms with E-state index in [0.717, 1.165) is 25.8 Å². The maximum atomic E-state index is 12.3. The van der Waals surface area contributed by atoms with Crippen LogP contribution in [0.1, 0.15) is 39.0 Å². The SMILES string of the molecule is CCC1CCCCN1C(=O)CN(C)CCC(=O)OC. The molecular formula is C14H26N2O3. The zero-order valence-electron chi connectivity index (χ0n) is 12.4. The van der Waals surface area contributed by atoms with Crippen molar-refractivity contribution in [3.8, 4) is 0 Å². The summed E-state index contributed by atoms with van der Waals surface area (Å²) >= 11 is 0. The molecule has 0 spiro atoms. The van der Waals surface area contributed by atoms with Crippen LogP contribution >= 0.6 is 0 Å².